The van der Waals surface area contributed by atoms with Gasteiger partial charge in [-0.15, -0.1) is 0 Å². The van der Waals surface area contributed by atoms with Gasteiger partial charge in [-0.3, -0.25) is 9.78 Å². The Kier molecular flexibility index (Phi) is 5.17. The Morgan fingerprint density at radius 1 is 1.04 bits per heavy atom. The highest BCUT2D eigenvalue weighted by Crippen LogP contribution is 2.26. The number of hydrazone groups is 1. The molecule has 0 bridgehead atoms. The number of amidine groups is 1. The fourth-order valence-electron chi connectivity index (χ4n) is 2.83. The molecule has 0 radical (unpaired) electrons. The van der Waals surface area contributed by atoms with Crippen molar-refractivity contribution < 1.29 is 4.79 Å². The van der Waals surface area contributed by atoms with Crippen molar-refractivity contribution in [1.82, 2.24) is 4.98 Å². The number of nitrogens with one attached hydrogen (secondary N) is 1. The van der Waals surface area contributed by atoms with Crippen LogP contribution in [0.5, 0.6) is 0 Å². The number of rotatable bonds is 4. The molecule has 27 heavy (non-hydrogen) atoms. The van der Waals surface area contributed by atoms with E-state index in [4.69, 9.17) is 11.6 Å². The van der Waals surface area contributed by atoms with Crippen LogP contribution in [0.25, 0.3) is 11.1 Å². The molecule has 136 valence electrons. The maximum absolute atomic E-state index is 12.4. The molecule has 0 atom stereocenters. The van der Waals surface area contributed by atoms with Gasteiger partial charge < -0.3 is 16.9 Å². The summed E-state index contributed by atoms with van der Waals surface area (Å²) >= 11 is 0. The quantitative estimate of drug-likeness (QED) is 0.288. The lowest BCUT2D eigenvalue weighted by atomic mass is 9.97. The molecule has 0 fully saturated rings. The van der Waals surface area contributed by atoms with E-state index in [1.807, 2.05) is 56.3 Å². The zero-order chi connectivity index (χ0) is 19.4. The Morgan fingerprint density at radius 3 is 2.44 bits per heavy atom. The molecule has 0 saturated heterocycles. The Labute approximate surface area is 157 Å². The molecule has 6 heteroatoms. The third-order valence-corrected chi connectivity index (χ3v) is 4.39. The second-order valence-corrected chi connectivity index (χ2v) is 6.27. The van der Waals surface area contributed by atoms with E-state index in [0.717, 1.165) is 33.5 Å². The van der Waals surface area contributed by atoms with Gasteiger partial charge in [-0.2, -0.15) is 5.10 Å². The number of aryl methyl sites for hydroxylation is 2. The summed E-state index contributed by atoms with van der Waals surface area (Å²) < 4.78 is 0. The third-order valence-electron chi connectivity index (χ3n) is 4.39. The molecule has 6 nitrogen and oxygen atoms in total. The average Bonchev–Trinajstić information content (AvgIpc) is 2.68. The van der Waals surface area contributed by atoms with Crippen LogP contribution in [0.3, 0.4) is 0 Å². The first kappa shape index (κ1) is 18.1. The van der Waals surface area contributed by atoms with E-state index in [1.165, 1.54) is 0 Å². The Bertz CT molecular complexity index is 1010. The van der Waals surface area contributed by atoms with E-state index in [0.29, 0.717) is 5.56 Å². The zero-order valence-electron chi connectivity index (χ0n) is 15.2. The topological polar surface area (TPSA) is 106 Å². The summed E-state index contributed by atoms with van der Waals surface area (Å²) in [5.74, 6) is 5.40. The van der Waals surface area contributed by atoms with Crippen LogP contribution in [0.1, 0.15) is 27.0 Å². The summed E-state index contributed by atoms with van der Waals surface area (Å²) in [4.78, 5) is 16.4. The second kappa shape index (κ2) is 7.70. The first-order valence-electron chi connectivity index (χ1n) is 8.46. The minimum absolute atomic E-state index is 0.159. The van der Waals surface area contributed by atoms with E-state index in [9.17, 15) is 4.79 Å². The van der Waals surface area contributed by atoms with Gasteiger partial charge in [-0.05, 0) is 60.4 Å². The fraction of sp³-hybridized carbons (Fsp3) is 0.0952. The standard InChI is InChI=1S/C21H21N5O/c1-13-3-4-16(20(22)26-23)11-19(13)15-5-7-17(8-6-15)25-21(27)18-9-10-24-12-14(18)2/h3-12H,23H2,1-2H3,(H2,22,26)(H,25,27). The predicted octanol–water partition coefficient (Wildman–Crippen LogP) is 3.20. The molecule has 0 aliphatic carbocycles. The van der Waals surface area contributed by atoms with Gasteiger partial charge in [-0.25, -0.2) is 0 Å². The molecule has 0 saturated carbocycles. The van der Waals surface area contributed by atoms with Gasteiger partial charge in [0.2, 0.25) is 0 Å². The van der Waals surface area contributed by atoms with Crippen LogP contribution >= 0.6 is 0 Å². The number of amides is 1. The van der Waals surface area contributed by atoms with Crippen molar-refractivity contribution in [2.45, 2.75) is 13.8 Å². The molecule has 3 aromatic rings. The second-order valence-electron chi connectivity index (χ2n) is 6.27. The highest BCUT2D eigenvalue weighted by atomic mass is 16.1. The van der Waals surface area contributed by atoms with Gasteiger partial charge in [0.1, 0.15) is 5.84 Å². The molecule has 0 spiro atoms. The summed E-state index contributed by atoms with van der Waals surface area (Å²) in [6.45, 7) is 3.88. The molecule has 1 aromatic heterocycles. The highest BCUT2D eigenvalue weighted by molar-refractivity contribution is 6.05. The van der Waals surface area contributed by atoms with E-state index in [1.54, 1.807) is 18.5 Å². The van der Waals surface area contributed by atoms with Crippen molar-refractivity contribution in [2.75, 3.05) is 5.32 Å². The van der Waals surface area contributed by atoms with Crippen molar-refractivity contribution in [3.63, 3.8) is 0 Å². The van der Waals surface area contributed by atoms with E-state index in [-0.39, 0.29) is 11.7 Å². The number of nitrogens with two attached hydrogens (primary N) is 2. The maximum Gasteiger partial charge on any atom is 0.256 e. The predicted molar refractivity (Wildman–Crippen MR) is 108 cm³/mol. The van der Waals surface area contributed by atoms with Gasteiger partial charge in [0, 0.05) is 29.2 Å². The third kappa shape index (κ3) is 3.95. The fourth-order valence-corrected chi connectivity index (χ4v) is 2.83. The Hall–Kier alpha value is -3.67. The van der Waals surface area contributed by atoms with Crippen LogP contribution in [0.15, 0.2) is 66.0 Å². The number of anilines is 1. The number of pyridine rings is 1. The Morgan fingerprint density at radius 2 is 1.78 bits per heavy atom. The minimum atomic E-state index is -0.159. The number of nitrogens with zero attached hydrogens (tertiary/aromatic N) is 2. The first-order valence-corrected chi connectivity index (χ1v) is 8.46. The molecule has 5 N–H and O–H groups in total. The summed E-state index contributed by atoms with van der Waals surface area (Å²) in [5, 5.41) is 6.46. The molecule has 1 amide bonds. The van der Waals surface area contributed by atoms with Gasteiger partial charge in [0.05, 0.1) is 0 Å². The van der Waals surface area contributed by atoms with Crippen LogP contribution < -0.4 is 16.9 Å². The van der Waals surface area contributed by atoms with Crippen molar-refractivity contribution in [1.29, 1.82) is 0 Å². The van der Waals surface area contributed by atoms with Gasteiger partial charge in [0.25, 0.3) is 5.91 Å². The highest BCUT2D eigenvalue weighted by Gasteiger charge is 2.10. The number of benzene rings is 2. The zero-order valence-corrected chi connectivity index (χ0v) is 15.2. The van der Waals surface area contributed by atoms with Crippen LogP contribution in [-0.4, -0.2) is 16.7 Å². The van der Waals surface area contributed by atoms with E-state index < -0.39 is 0 Å². The van der Waals surface area contributed by atoms with E-state index >= 15 is 0 Å². The molecule has 0 unspecified atom stereocenters. The molecule has 2 aromatic carbocycles. The minimum Gasteiger partial charge on any atom is -0.382 e. The van der Waals surface area contributed by atoms with Crippen molar-refractivity contribution >= 4 is 17.4 Å². The smallest absolute Gasteiger partial charge is 0.256 e. The summed E-state index contributed by atoms with van der Waals surface area (Å²) in [6.07, 6.45) is 3.28. The number of hydrogen-bond donors (Lipinski definition) is 3. The first-order chi connectivity index (χ1) is 13.0. The molecule has 0 aliphatic heterocycles. The van der Waals surface area contributed by atoms with Crippen molar-refractivity contribution in [3.05, 3.63) is 83.2 Å². The van der Waals surface area contributed by atoms with Crippen molar-refractivity contribution in [2.24, 2.45) is 16.7 Å². The van der Waals surface area contributed by atoms with Gasteiger partial charge >= 0.3 is 0 Å². The lowest BCUT2D eigenvalue weighted by molar-refractivity contribution is 0.102. The maximum atomic E-state index is 12.4. The van der Waals surface area contributed by atoms with Crippen LogP contribution in [-0.2, 0) is 0 Å². The average molecular weight is 359 g/mol. The van der Waals surface area contributed by atoms with Gasteiger partial charge in [-0.1, -0.05) is 24.3 Å². The Balaban J connectivity index is 1.84. The molecular weight excluding hydrogens is 338 g/mol. The summed E-state index contributed by atoms with van der Waals surface area (Å²) in [6, 6.07) is 15.2. The molecular formula is C21H21N5O. The SMILES string of the molecule is Cc1cnccc1C(=O)Nc1ccc(-c2cc(/C(N)=N/N)ccc2C)cc1. The van der Waals surface area contributed by atoms with Crippen molar-refractivity contribution in [3.8, 4) is 11.1 Å². The van der Waals surface area contributed by atoms with Crippen LogP contribution in [0.2, 0.25) is 0 Å². The summed E-state index contributed by atoms with van der Waals surface area (Å²) in [7, 11) is 0. The lowest BCUT2D eigenvalue weighted by Gasteiger charge is -2.11. The monoisotopic (exact) mass is 359 g/mol. The molecule has 3 rings (SSSR count). The van der Waals surface area contributed by atoms with Gasteiger partial charge in [0.15, 0.2) is 0 Å². The summed E-state index contributed by atoms with van der Waals surface area (Å²) in [5.41, 5.74) is 11.9. The molecule has 1 heterocycles. The number of carbonyl (C=O) groups is 1. The largest absolute Gasteiger partial charge is 0.382 e. The lowest BCUT2D eigenvalue weighted by Crippen LogP contribution is -2.15. The number of aromatic nitrogens is 1. The molecule has 0 aliphatic rings. The van der Waals surface area contributed by atoms with Crippen LogP contribution in [0, 0.1) is 13.8 Å². The van der Waals surface area contributed by atoms with E-state index in [2.05, 4.69) is 15.4 Å². The number of carbonyl (C=O) groups excluding carboxylic acids is 1. The van der Waals surface area contributed by atoms with Crippen LogP contribution in [0.4, 0.5) is 5.69 Å². The number of hydrogen-bond acceptors (Lipinski definition) is 4. The normalized spacial score (nSPS) is 11.3.